The van der Waals surface area contributed by atoms with Crippen LogP contribution in [0.2, 0.25) is 0 Å². The van der Waals surface area contributed by atoms with Gasteiger partial charge < -0.3 is 9.72 Å². The maximum Gasteiger partial charge on any atom is 0.341 e. The number of nitrogens with zero attached hydrogens (tertiary/aromatic N) is 3. The van der Waals surface area contributed by atoms with Crippen LogP contribution in [0.5, 0.6) is 0 Å². The van der Waals surface area contributed by atoms with Gasteiger partial charge in [-0.25, -0.2) is 9.59 Å². The summed E-state index contributed by atoms with van der Waals surface area (Å²) in [6.45, 7) is 2.98. The highest BCUT2D eigenvalue weighted by atomic mass is 32.1. The normalized spacial score (nSPS) is 15.4. The van der Waals surface area contributed by atoms with Gasteiger partial charge in [-0.2, -0.15) is 4.37 Å². The maximum absolute atomic E-state index is 13.3. The van der Waals surface area contributed by atoms with E-state index < -0.39 is 5.97 Å². The van der Waals surface area contributed by atoms with Crippen LogP contribution in [0.3, 0.4) is 0 Å². The van der Waals surface area contributed by atoms with Gasteiger partial charge in [0.2, 0.25) is 0 Å². The number of urea groups is 1. The molecule has 0 radical (unpaired) electrons. The minimum Gasteiger partial charge on any atom is -0.462 e. The summed E-state index contributed by atoms with van der Waals surface area (Å²) in [6.07, 6.45) is 7.83. The molecule has 0 bridgehead atoms. The Morgan fingerprint density at radius 2 is 2.10 bits per heavy atom. The monoisotopic (exact) mass is 420 g/mol. The van der Waals surface area contributed by atoms with Gasteiger partial charge in [-0.15, -0.1) is 0 Å². The van der Waals surface area contributed by atoms with Gasteiger partial charge in [0.05, 0.1) is 22.4 Å². The van der Waals surface area contributed by atoms with E-state index in [1.807, 2.05) is 36.5 Å². The summed E-state index contributed by atoms with van der Waals surface area (Å²) in [7, 11) is 0. The fraction of sp³-hybridized carbons (Fsp3) is 0.227. The number of nitrogens with one attached hydrogen (secondary N) is 1. The molecule has 2 aliphatic rings. The predicted molar refractivity (Wildman–Crippen MR) is 116 cm³/mol. The Kier molecular flexibility index (Phi) is 4.63. The quantitative estimate of drug-likeness (QED) is 0.644. The lowest BCUT2D eigenvalue weighted by atomic mass is 10.0. The molecule has 1 aromatic carbocycles. The highest BCUT2D eigenvalue weighted by molar-refractivity contribution is 7.03. The van der Waals surface area contributed by atoms with E-state index in [0.29, 0.717) is 25.1 Å². The lowest BCUT2D eigenvalue weighted by Crippen LogP contribution is -2.42. The van der Waals surface area contributed by atoms with Gasteiger partial charge in [0.1, 0.15) is 0 Å². The molecule has 2 amide bonds. The van der Waals surface area contributed by atoms with E-state index in [0.717, 1.165) is 31.9 Å². The Balaban J connectivity index is 1.55. The summed E-state index contributed by atoms with van der Waals surface area (Å²) in [6, 6.07) is 7.77. The Bertz CT molecular complexity index is 1300. The number of aromatic amines is 1. The number of rotatable bonds is 2. The third-order valence-electron chi connectivity index (χ3n) is 5.35. The molecule has 2 aliphatic heterocycles. The summed E-state index contributed by atoms with van der Waals surface area (Å²) in [5, 5.41) is 1.99. The molecule has 1 N–H and O–H groups in total. The first-order valence-corrected chi connectivity index (χ1v) is 10.6. The number of H-pyrrole nitrogens is 1. The highest BCUT2D eigenvalue weighted by Crippen LogP contribution is 2.31. The summed E-state index contributed by atoms with van der Waals surface area (Å²) in [5.74, 6) is -0.441. The first kappa shape index (κ1) is 18.6. The van der Waals surface area contributed by atoms with Gasteiger partial charge >= 0.3 is 12.0 Å². The van der Waals surface area contributed by atoms with Gasteiger partial charge in [-0.05, 0) is 42.6 Å². The van der Waals surface area contributed by atoms with Crippen molar-refractivity contribution in [3.63, 3.8) is 0 Å². The van der Waals surface area contributed by atoms with Crippen molar-refractivity contribution in [2.45, 2.75) is 13.3 Å². The lowest BCUT2D eigenvalue weighted by molar-refractivity contribution is -0.136. The number of carbonyl (C=O) groups excluding carboxylic acids is 2. The van der Waals surface area contributed by atoms with E-state index >= 15 is 0 Å². The number of esters is 1. The molecule has 0 unspecified atom stereocenters. The molecule has 0 fully saturated rings. The third-order valence-corrected chi connectivity index (χ3v) is 6.16. The second-order valence-corrected chi connectivity index (χ2v) is 7.98. The fourth-order valence-corrected chi connectivity index (χ4v) is 4.57. The number of aromatic nitrogens is 2. The molecule has 5 rings (SSSR count). The summed E-state index contributed by atoms with van der Waals surface area (Å²) < 4.78 is 10.5. The van der Waals surface area contributed by atoms with Crippen LogP contribution >= 0.6 is 11.5 Å². The SMILES string of the molecule is CCOC(=O)C1=CN(C(=O)N2C=c3cnsc3=CC2)CCc2c1[nH]c1ccccc21. The van der Waals surface area contributed by atoms with Gasteiger partial charge in [0.15, 0.2) is 0 Å². The van der Waals surface area contributed by atoms with Crippen LogP contribution in [0, 0.1) is 0 Å². The van der Waals surface area contributed by atoms with Gasteiger partial charge in [0.25, 0.3) is 0 Å². The van der Waals surface area contributed by atoms with E-state index in [1.165, 1.54) is 11.5 Å². The highest BCUT2D eigenvalue weighted by Gasteiger charge is 2.28. The average molecular weight is 420 g/mol. The molecular formula is C22H20N4O3S. The lowest BCUT2D eigenvalue weighted by Gasteiger charge is -2.26. The van der Waals surface area contributed by atoms with Crippen molar-refractivity contribution in [3.05, 3.63) is 57.7 Å². The van der Waals surface area contributed by atoms with Crippen molar-refractivity contribution in [3.8, 4) is 0 Å². The molecule has 0 aliphatic carbocycles. The molecule has 4 heterocycles. The number of carbonyl (C=O) groups is 2. The van der Waals surface area contributed by atoms with Crippen molar-refractivity contribution in [2.24, 2.45) is 0 Å². The second-order valence-electron chi connectivity index (χ2n) is 7.14. The first-order chi connectivity index (χ1) is 14.7. The zero-order valence-corrected chi connectivity index (χ0v) is 17.2. The van der Waals surface area contributed by atoms with Crippen LogP contribution < -0.4 is 9.75 Å². The van der Waals surface area contributed by atoms with Crippen molar-refractivity contribution in [1.29, 1.82) is 0 Å². The molecule has 30 heavy (non-hydrogen) atoms. The third kappa shape index (κ3) is 3.09. The first-order valence-electron chi connectivity index (χ1n) is 9.84. The van der Waals surface area contributed by atoms with E-state index in [2.05, 4.69) is 9.36 Å². The number of amides is 2. The number of hydrogen-bond acceptors (Lipinski definition) is 5. The van der Waals surface area contributed by atoms with Gasteiger partial charge in [-0.3, -0.25) is 9.80 Å². The summed E-state index contributed by atoms with van der Waals surface area (Å²) >= 11 is 1.42. The zero-order valence-electron chi connectivity index (χ0n) is 16.4. The predicted octanol–water partition coefficient (Wildman–Crippen LogP) is 2.04. The largest absolute Gasteiger partial charge is 0.462 e. The summed E-state index contributed by atoms with van der Waals surface area (Å²) in [5.41, 5.74) is 3.09. The van der Waals surface area contributed by atoms with Gasteiger partial charge in [0, 0.05) is 47.8 Å². The van der Waals surface area contributed by atoms with Crippen LogP contribution in [-0.4, -0.2) is 50.9 Å². The summed E-state index contributed by atoms with van der Waals surface area (Å²) in [4.78, 5) is 32.7. The number of hydrogen-bond donors (Lipinski definition) is 1. The molecule has 152 valence electrons. The van der Waals surface area contributed by atoms with Crippen molar-refractivity contribution in [1.82, 2.24) is 19.2 Å². The molecule has 8 heteroatoms. The molecule has 0 saturated carbocycles. The zero-order chi connectivity index (χ0) is 20.7. The van der Waals surface area contributed by atoms with E-state index in [-0.39, 0.29) is 12.6 Å². The van der Waals surface area contributed by atoms with Crippen LogP contribution in [0.15, 0.2) is 36.7 Å². The molecule has 7 nitrogen and oxygen atoms in total. The smallest absolute Gasteiger partial charge is 0.341 e. The topological polar surface area (TPSA) is 78.5 Å². The van der Waals surface area contributed by atoms with Crippen LogP contribution in [0.1, 0.15) is 18.2 Å². The van der Waals surface area contributed by atoms with Crippen LogP contribution in [0.25, 0.3) is 28.8 Å². The Hall–Kier alpha value is -3.39. The molecule has 3 aromatic rings. The molecule has 0 spiro atoms. The number of benzene rings is 1. The number of para-hydroxylation sites is 1. The van der Waals surface area contributed by atoms with E-state index in [9.17, 15) is 9.59 Å². The standard InChI is InChI=1S/C22H20N4O3S/c1-2-29-21(27)17-13-26(22(28)25-10-8-19-14(12-25)11-23-30-19)9-7-16-15-5-3-4-6-18(15)24-20(16)17/h3-6,8,11-13,24H,2,7,9-10H2,1H3. The van der Waals surface area contributed by atoms with Crippen LogP contribution in [0.4, 0.5) is 4.79 Å². The van der Waals surface area contributed by atoms with Gasteiger partial charge in [-0.1, -0.05) is 18.2 Å². The van der Waals surface area contributed by atoms with Crippen LogP contribution in [-0.2, 0) is 16.0 Å². The number of fused-ring (bicyclic) bond motifs is 4. The minimum atomic E-state index is -0.441. The van der Waals surface area contributed by atoms with Crippen molar-refractivity contribution in [2.75, 3.05) is 19.7 Å². The fourth-order valence-electron chi connectivity index (χ4n) is 3.93. The van der Waals surface area contributed by atoms with Crippen molar-refractivity contribution >= 4 is 52.3 Å². The average Bonchev–Trinajstić information content (AvgIpc) is 3.32. The molecule has 0 atom stereocenters. The Morgan fingerprint density at radius 3 is 2.97 bits per heavy atom. The number of ether oxygens (including phenoxy) is 1. The van der Waals surface area contributed by atoms with E-state index in [1.54, 1.807) is 29.1 Å². The second kappa shape index (κ2) is 7.46. The molecular weight excluding hydrogens is 400 g/mol. The molecule has 0 saturated heterocycles. The van der Waals surface area contributed by atoms with Crippen molar-refractivity contribution < 1.29 is 14.3 Å². The maximum atomic E-state index is 13.3. The van der Waals surface area contributed by atoms with E-state index in [4.69, 9.17) is 4.74 Å². The minimum absolute atomic E-state index is 0.181. The Morgan fingerprint density at radius 1 is 1.23 bits per heavy atom. The molecule has 2 aromatic heterocycles. The Labute approximate surface area is 176 Å².